The van der Waals surface area contributed by atoms with Crippen molar-refractivity contribution in [3.8, 4) is 0 Å². The van der Waals surface area contributed by atoms with E-state index in [0.717, 1.165) is 24.9 Å². The van der Waals surface area contributed by atoms with Gasteiger partial charge in [0.15, 0.2) is 0 Å². The first-order valence-corrected chi connectivity index (χ1v) is 5.87. The van der Waals surface area contributed by atoms with Crippen LogP contribution < -0.4 is 16.4 Å². The molecule has 2 heterocycles. The van der Waals surface area contributed by atoms with E-state index in [9.17, 15) is 4.79 Å². The fourth-order valence-electron chi connectivity index (χ4n) is 2.43. The number of pyridine rings is 1. The van der Waals surface area contributed by atoms with Crippen molar-refractivity contribution in [3.63, 3.8) is 0 Å². The molecule has 5 heteroatoms. The number of nitrogens with zero attached hydrogens (tertiary/aromatic N) is 2. The van der Waals surface area contributed by atoms with Crippen molar-refractivity contribution >= 4 is 11.7 Å². The number of aromatic nitrogens is 1. The molecule has 0 aliphatic carbocycles. The van der Waals surface area contributed by atoms with Crippen LogP contribution in [0.5, 0.6) is 0 Å². The third-order valence-corrected chi connectivity index (χ3v) is 3.31. The largest absolute Gasteiger partial charge is 0.365 e. The molecule has 1 aromatic rings. The molecule has 1 atom stereocenters. The Hall–Kier alpha value is -1.62. The number of carbonyl (C=O) groups excluding carboxylic acids is 1. The number of hydrogen-bond donors (Lipinski definition) is 2. The molecule has 0 bridgehead atoms. The number of aryl methyl sites for hydroxylation is 1. The highest BCUT2D eigenvalue weighted by Gasteiger charge is 2.28. The van der Waals surface area contributed by atoms with Crippen molar-refractivity contribution in [2.75, 3.05) is 18.0 Å². The summed E-state index contributed by atoms with van der Waals surface area (Å²) >= 11 is 0. The summed E-state index contributed by atoms with van der Waals surface area (Å²) in [4.78, 5) is 17.9. The molecule has 2 rings (SSSR count). The molecule has 5 nitrogen and oxygen atoms in total. The molecule has 1 aromatic heterocycles. The predicted octanol–water partition coefficient (Wildman–Crippen LogP) is 0.416. The lowest BCUT2D eigenvalue weighted by molar-refractivity contribution is 0.1000. The Bertz CT molecular complexity index is 433. The Morgan fingerprint density at radius 2 is 2.41 bits per heavy atom. The SMILES string of the molecule is Cc1ccnc(N2CCCC2CN)c1C(N)=O. The number of anilines is 1. The summed E-state index contributed by atoms with van der Waals surface area (Å²) in [5.74, 6) is 0.263. The molecule has 1 aliphatic rings. The van der Waals surface area contributed by atoms with Gasteiger partial charge in [-0.25, -0.2) is 4.98 Å². The normalized spacial score (nSPS) is 19.6. The summed E-state index contributed by atoms with van der Waals surface area (Å²) in [7, 11) is 0. The van der Waals surface area contributed by atoms with Crippen molar-refractivity contribution in [2.24, 2.45) is 11.5 Å². The summed E-state index contributed by atoms with van der Waals surface area (Å²) < 4.78 is 0. The molecule has 0 spiro atoms. The second-order valence-electron chi connectivity index (χ2n) is 4.42. The van der Waals surface area contributed by atoms with Crippen molar-refractivity contribution in [2.45, 2.75) is 25.8 Å². The Morgan fingerprint density at radius 3 is 3.06 bits per heavy atom. The first kappa shape index (κ1) is 11.9. The lowest BCUT2D eigenvalue weighted by Gasteiger charge is -2.26. The average Bonchev–Trinajstić information content (AvgIpc) is 2.75. The fraction of sp³-hybridized carbons (Fsp3) is 0.500. The first-order chi connectivity index (χ1) is 8.15. The first-order valence-electron chi connectivity index (χ1n) is 5.87. The van der Waals surface area contributed by atoms with E-state index >= 15 is 0 Å². The highest BCUT2D eigenvalue weighted by Crippen LogP contribution is 2.27. The van der Waals surface area contributed by atoms with Gasteiger partial charge in [0.25, 0.3) is 5.91 Å². The predicted molar refractivity (Wildman–Crippen MR) is 66.9 cm³/mol. The molecule has 1 fully saturated rings. The molecule has 0 saturated carbocycles. The van der Waals surface area contributed by atoms with Crippen LogP contribution in [0.3, 0.4) is 0 Å². The third kappa shape index (κ3) is 2.10. The number of nitrogens with two attached hydrogens (primary N) is 2. The Labute approximate surface area is 101 Å². The van der Waals surface area contributed by atoms with Gasteiger partial charge >= 0.3 is 0 Å². The van der Waals surface area contributed by atoms with Gasteiger partial charge in [0.05, 0.1) is 5.56 Å². The highest BCUT2D eigenvalue weighted by molar-refractivity contribution is 5.99. The van der Waals surface area contributed by atoms with E-state index in [0.29, 0.717) is 17.9 Å². The van der Waals surface area contributed by atoms with Crippen LogP contribution in [-0.2, 0) is 0 Å². The van der Waals surface area contributed by atoms with E-state index in [1.165, 1.54) is 0 Å². The van der Waals surface area contributed by atoms with Crippen molar-refractivity contribution < 1.29 is 4.79 Å². The summed E-state index contributed by atoms with van der Waals surface area (Å²) in [6, 6.07) is 2.07. The molecule has 1 unspecified atom stereocenters. The van der Waals surface area contributed by atoms with Gasteiger partial charge in [-0.1, -0.05) is 0 Å². The fourth-order valence-corrected chi connectivity index (χ4v) is 2.43. The second kappa shape index (κ2) is 4.71. The topological polar surface area (TPSA) is 85.2 Å². The number of carbonyl (C=O) groups is 1. The molecule has 1 saturated heterocycles. The van der Waals surface area contributed by atoms with Crippen LogP contribution in [0.1, 0.15) is 28.8 Å². The maximum atomic E-state index is 11.5. The van der Waals surface area contributed by atoms with Gasteiger partial charge in [0.2, 0.25) is 0 Å². The van der Waals surface area contributed by atoms with Gasteiger partial charge in [-0.15, -0.1) is 0 Å². The summed E-state index contributed by atoms with van der Waals surface area (Å²) in [6.07, 6.45) is 3.84. The van der Waals surface area contributed by atoms with Crippen LogP contribution in [-0.4, -0.2) is 30.0 Å². The molecule has 4 N–H and O–H groups in total. The molecule has 17 heavy (non-hydrogen) atoms. The Morgan fingerprint density at radius 1 is 1.65 bits per heavy atom. The molecule has 0 aromatic carbocycles. The molecule has 1 amide bonds. The van der Waals surface area contributed by atoms with Gasteiger partial charge in [-0.2, -0.15) is 0 Å². The standard InChI is InChI=1S/C12H18N4O/c1-8-4-5-15-12(10(8)11(14)17)16-6-2-3-9(16)7-13/h4-5,9H,2-3,6-7,13H2,1H3,(H2,14,17). The van der Waals surface area contributed by atoms with Crippen molar-refractivity contribution in [3.05, 3.63) is 23.4 Å². The smallest absolute Gasteiger partial charge is 0.252 e. The maximum absolute atomic E-state index is 11.5. The van der Waals surface area contributed by atoms with Crippen LogP contribution in [0, 0.1) is 6.92 Å². The van der Waals surface area contributed by atoms with Crippen LogP contribution in [0.15, 0.2) is 12.3 Å². The number of amides is 1. The summed E-state index contributed by atoms with van der Waals surface area (Å²) in [5.41, 5.74) is 12.6. The minimum atomic E-state index is -0.423. The van der Waals surface area contributed by atoms with E-state index < -0.39 is 5.91 Å². The number of hydrogen-bond acceptors (Lipinski definition) is 4. The van der Waals surface area contributed by atoms with E-state index in [1.807, 2.05) is 6.92 Å². The minimum Gasteiger partial charge on any atom is -0.365 e. The molecule has 0 radical (unpaired) electrons. The van der Waals surface area contributed by atoms with E-state index in [-0.39, 0.29) is 6.04 Å². The third-order valence-electron chi connectivity index (χ3n) is 3.31. The molecule has 92 valence electrons. The van der Waals surface area contributed by atoms with Crippen LogP contribution in [0.4, 0.5) is 5.82 Å². The Balaban J connectivity index is 2.44. The van der Waals surface area contributed by atoms with E-state index in [1.54, 1.807) is 12.3 Å². The zero-order valence-electron chi connectivity index (χ0n) is 10.0. The van der Waals surface area contributed by atoms with Gasteiger partial charge in [-0.3, -0.25) is 4.79 Å². The Kier molecular flexibility index (Phi) is 3.28. The second-order valence-corrected chi connectivity index (χ2v) is 4.42. The number of primary amides is 1. The average molecular weight is 234 g/mol. The van der Waals surface area contributed by atoms with Crippen molar-refractivity contribution in [1.82, 2.24) is 4.98 Å². The van der Waals surface area contributed by atoms with Crippen molar-refractivity contribution in [1.29, 1.82) is 0 Å². The van der Waals surface area contributed by atoms with Crippen LogP contribution >= 0.6 is 0 Å². The van der Waals surface area contributed by atoms with E-state index in [4.69, 9.17) is 11.5 Å². The van der Waals surface area contributed by atoms with Gasteiger partial charge in [-0.05, 0) is 31.4 Å². The lowest BCUT2D eigenvalue weighted by Crippen LogP contribution is -2.37. The lowest BCUT2D eigenvalue weighted by atomic mass is 10.1. The summed E-state index contributed by atoms with van der Waals surface area (Å²) in [6.45, 7) is 3.34. The van der Waals surface area contributed by atoms with Gasteiger partial charge in [0.1, 0.15) is 5.82 Å². The number of rotatable bonds is 3. The van der Waals surface area contributed by atoms with Gasteiger partial charge in [0, 0.05) is 25.3 Å². The molecular weight excluding hydrogens is 216 g/mol. The van der Waals surface area contributed by atoms with Crippen LogP contribution in [0.2, 0.25) is 0 Å². The van der Waals surface area contributed by atoms with Crippen LogP contribution in [0.25, 0.3) is 0 Å². The monoisotopic (exact) mass is 234 g/mol. The minimum absolute atomic E-state index is 0.266. The highest BCUT2D eigenvalue weighted by atomic mass is 16.1. The zero-order valence-corrected chi connectivity index (χ0v) is 10.0. The molecular formula is C12H18N4O. The zero-order chi connectivity index (χ0) is 12.4. The maximum Gasteiger partial charge on any atom is 0.252 e. The van der Waals surface area contributed by atoms with E-state index in [2.05, 4.69) is 9.88 Å². The molecule has 1 aliphatic heterocycles. The van der Waals surface area contributed by atoms with Gasteiger partial charge < -0.3 is 16.4 Å². The summed E-state index contributed by atoms with van der Waals surface area (Å²) in [5, 5.41) is 0. The quantitative estimate of drug-likeness (QED) is 0.793.